The number of hydrogen-bond acceptors (Lipinski definition) is 2. The van der Waals surface area contributed by atoms with Gasteiger partial charge in [0.1, 0.15) is 0 Å². The Morgan fingerprint density at radius 1 is 1.50 bits per heavy atom. The van der Waals surface area contributed by atoms with Crippen LogP contribution >= 0.6 is 0 Å². The van der Waals surface area contributed by atoms with Crippen molar-refractivity contribution in [2.45, 2.75) is 45.2 Å². The summed E-state index contributed by atoms with van der Waals surface area (Å²) in [5.74, 6) is 0.184. The van der Waals surface area contributed by atoms with Crippen molar-refractivity contribution in [2.24, 2.45) is 11.7 Å². The van der Waals surface area contributed by atoms with Gasteiger partial charge in [0.2, 0.25) is 5.91 Å². The van der Waals surface area contributed by atoms with Crippen molar-refractivity contribution in [1.29, 1.82) is 0 Å². The molecule has 3 atom stereocenters. The van der Waals surface area contributed by atoms with E-state index in [9.17, 15) is 4.79 Å². The van der Waals surface area contributed by atoms with Gasteiger partial charge in [0.15, 0.2) is 0 Å². The molecule has 1 amide bonds. The van der Waals surface area contributed by atoms with Crippen LogP contribution in [0.15, 0.2) is 24.3 Å². The molecule has 0 saturated heterocycles. The van der Waals surface area contributed by atoms with Crippen LogP contribution < -0.4 is 11.1 Å². The van der Waals surface area contributed by atoms with Gasteiger partial charge < -0.3 is 11.1 Å². The lowest BCUT2D eigenvalue weighted by Gasteiger charge is -2.21. The zero-order valence-corrected chi connectivity index (χ0v) is 11.1. The molecule has 0 spiro atoms. The highest BCUT2D eigenvalue weighted by atomic mass is 16.1. The quantitative estimate of drug-likeness (QED) is 0.855. The molecule has 1 aliphatic rings. The summed E-state index contributed by atoms with van der Waals surface area (Å²) >= 11 is 0. The summed E-state index contributed by atoms with van der Waals surface area (Å²) in [4.78, 5) is 12.1. The van der Waals surface area contributed by atoms with E-state index in [0.717, 1.165) is 19.3 Å². The zero-order chi connectivity index (χ0) is 13.1. The summed E-state index contributed by atoms with van der Waals surface area (Å²) in [6.07, 6.45) is 2.81. The lowest BCUT2D eigenvalue weighted by Crippen LogP contribution is -2.40. The molecule has 0 aromatic heterocycles. The van der Waals surface area contributed by atoms with Crippen LogP contribution in [-0.2, 0) is 11.2 Å². The molecule has 0 heterocycles. The molecule has 3 nitrogen and oxygen atoms in total. The summed E-state index contributed by atoms with van der Waals surface area (Å²) in [5.41, 5.74) is 8.58. The largest absolute Gasteiger partial charge is 0.347 e. The Kier molecular flexibility index (Phi) is 4.02. The van der Waals surface area contributed by atoms with E-state index in [1.807, 2.05) is 19.1 Å². The fraction of sp³-hybridized carbons (Fsp3) is 0.533. The molecule has 3 heteroatoms. The van der Waals surface area contributed by atoms with Gasteiger partial charge in [0.25, 0.3) is 0 Å². The van der Waals surface area contributed by atoms with Crippen LogP contribution in [0.4, 0.5) is 0 Å². The number of benzene rings is 1. The second-order valence-corrected chi connectivity index (χ2v) is 5.24. The normalized spacial score (nSPS) is 23.5. The van der Waals surface area contributed by atoms with Crippen LogP contribution in [0.5, 0.6) is 0 Å². The minimum Gasteiger partial charge on any atom is -0.347 e. The maximum Gasteiger partial charge on any atom is 0.223 e. The topological polar surface area (TPSA) is 55.1 Å². The summed E-state index contributed by atoms with van der Waals surface area (Å²) < 4.78 is 0. The molecule has 3 N–H and O–H groups in total. The summed E-state index contributed by atoms with van der Waals surface area (Å²) in [5, 5.41) is 3.11. The van der Waals surface area contributed by atoms with Gasteiger partial charge in [-0.15, -0.1) is 0 Å². The van der Waals surface area contributed by atoms with Crippen molar-refractivity contribution in [3.05, 3.63) is 35.4 Å². The summed E-state index contributed by atoms with van der Waals surface area (Å²) in [6.45, 7) is 4.07. The van der Waals surface area contributed by atoms with E-state index in [2.05, 4.69) is 24.4 Å². The third-order valence-corrected chi connectivity index (χ3v) is 3.74. The summed E-state index contributed by atoms with van der Waals surface area (Å²) in [6, 6.07) is 8.17. The molecule has 0 saturated carbocycles. The fourth-order valence-corrected chi connectivity index (χ4v) is 2.67. The molecule has 98 valence electrons. The van der Waals surface area contributed by atoms with Gasteiger partial charge in [0, 0.05) is 12.0 Å². The number of rotatable bonds is 4. The van der Waals surface area contributed by atoms with E-state index in [4.69, 9.17) is 5.73 Å². The van der Waals surface area contributed by atoms with Crippen LogP contribution in [0, 0.1) is 5.92 Å². The molecule has 0 bridgehead atoms. The van der Waals surface area contributed by atoms with Crippen LogP contribution in [0.3, 0.4) is 0 Å². The van der Waals surface area contributed by atoms with Gasteiger partial charge in [-0.3, -0.25) is 4.79 Å². The molecule has 1 aromatic carbocycles. The smallest absolute Gasteiger partial charge is 0.223 e. The molecule has 2 rings (SSSR count). The van der Waals surface area contributed by atoms with E-state index in [1.54, 1.807) is 0 Å². The third kappa shape index (κ3) is 2.56. The average Bonchev–Trinajstić information content (AvgIpc) is 2.66. The fourth-order valence-electron chi connectivity index (χ4n) is 2.67. The van der Waals surface area contributed by atoms with Gasteiger partial charge in [-0.2, -0.15) is 0 Å². The Labute approximate surface area is 109 Å². The van der Waals surface area contributed by atoms with E-state index in [1.165, 1.54) is 11.1 Å². The Bertz CT molecular complexity index is 430. The van der Waals surface area contributed by atoms with E-state index in [0.29, 0.717) is 0 Å². The first-order valence-corrected chi connectivity index (χ1v) is 6.77. The van der Waals surface area contributed by atoms with Crippen molar-refractivity contribution in [3.63, 3.8) is 0 Å². The Morgan fingerprint density at radius 2 is 2.22 bits per heavy atom. The van der Waals surface area contributed by atoms with Crippen molar-refractivity contribution < 1.29 is 4.79 Å². The predicted molar refractivity (Wildman–Crippen MR) is 73.1 cm³/mol. The minimum atomic E-state index is -0.0204. The van der Waals surface area contributed by atoms with E-state index < -0.39 is 0 Å². The highest BCUT2D eigenvalue weighted by molar-refractivity contribution is 5.79. The number of fused-ring (bicyclic) bond motifs is 1. The first-order valence-electron chi connectivity index (χ1n) is 6.77. The monoisotopic (exact) mass is 246 g/mol. The number of carbonyl (C=O) groups is 1. The minimum absolute atomic E-state index is 0.000163. The van der Waals surface area contributed by atoms with E-state index >= 15 is 0 Å². The van der Waals surface area contributed by atoms with Crippen molar-refractivity contribution in [2.75, 3.05) is 0 Å². The molecule has 18 heavy (non-hydrogen) atoms. The molecule has 0 fully saturated rings. The third-order valence-electron chi connectivity index (χ3n) is 3.74. The Morgan fingerprint density at radius 3 is 2.94 bits per heavy atom. The molecular weight excluding hydrogens is 224 g/mol. The molecular formula is C15H22N2O. The van der Waals surface area contributed by atoms with Crippen LogP contribution in [-0.4, -0.2) is 11.9 Å². The zero-order valence-electron chi connectivity index (χ0n) is 11.1. The Balaban J connectivity index is 2.08. The summed E-state index contributed by atoms with van der Waals surface area (Å²) in [7, 11) is 0. The maximum atomic E-state index is 12.1. The second-order valence-electron chi connectivity index (χ2n) is 5.24. The number of nitrogens with two attached hydrogens (primary N) is 1. The molecule has 0 radical (unpaired) electrons. The number of nitrogens with one attached hydrogen (secondary N) is 1. The van der Waals surface area contributed by atoms with Crippen LogP contribution in [0.1, 0.15) is 43.9 Å². The SMILES string of the molecule is CCCC(C)C(=O)NC1c2ccccc2CC1N. The highest BCUT2D eigenvalue weighted by Gasteiger charge is 2.31. The second kappa shape index (κ2) is 5.53. The van der Waals surface area contributed by atoms with Crippen molar-refractivity contribution in [3.8, 4) is 0 Å². The first kappa shape index (κ1) is 13.1. The molecule has 1 aliphatic carbocycles. The maximum absolute atomic E-state index is 12.1. The number of hydrogen-bond donors (Lipinski definition) is 2. The van der Waals surface area contributed by atoms with Gasteiger partial charge in [-0.25, -0.2) is 0 Å². The number of amides is 1. The lowest BCUT2D eigenvalue weighted by atomic mass is 10.0. The molecule has 1 aromatic rings. The standard InChI is InChI=1S/C15H22N2O/c1-3-6-10(2)15(18)17-14-12-8-5-4-7-11(12)9-13(14)16/h4-5,7-8,10,13-14H,3,6,9,16H2,1-2H3,(H,17,18). The average molecular weight is 246 g/mol. The highest BCUT2D eigenvalue weighted by Crippen LogP contribution is 2.30. The van der Waals surface area contributed by atoms with Gasteiger partial charge >= 0.3 is 0 Å². The molecule has 0 aliphatic heterocycles. The molecule has 3 unspecified atom stereocenters. The predicted octanol–water partition coefficient (Wildman–Crippen LogP) is 2.16. The van der Waals surface area contributed by atoms with Gasteiger partial charge in [-0.05, 0) is 24.0 Å². The lowest BCUT2D eigenvalue weighted by molar-refractivity contribution is -0.125. The number of carbonyl (C=O) groups excluding carboxylic acids is 1. The van der Waals surface area contributed by atoms with Gasteiger partial charge in [-0.1, -0.05) is 44.5 Å². The Hall–Kier alpha value is -1.35. The van der Waals surface area contributed by atoms with Gasteiger partial charge in [0.05, 0.1) is 6.04 Å². The van der Waals surface area contributed by atoms with Crippen molar-refractivity contribution >= 4 is 5.91 Å². The van der Waals surface area contributed by atoms with E-state index in [-0.39, 0.29) is 23.9 Å². The van der Waals surface area contributed by atoms with Crippen LogP contribution in [0.25, 0.3) is 0 Å². The van der Waals surface area contributed by atoms with Crippen LogP contribution in [0.2, 0.25) is 0 Å². The first-order chi connectivity index (χ1) is 8.63. The van der Waals surface area contributed by atoms with Crippen molar-refractivity contribution in [1.82, 2.24) is 5.32 Å².